The number of aliphatic hydroxyl groups is 4. The molecule has 0 fully saturated rings. The number of benzene rings is 1. The molecule has 8 N–H and O–H groups in total. The Bertz CT molecular complexity index is 1660. The van der Waals surface area contributed by atoms with E-state index in [1.54, 1.807) is 0 Å². The standard InChI is InChI=1S/C21H20N4O14/c1-5-6(2)9(17(32)33)12-10(8(5)16(30)31)22-11-14(23-19(36)25(15(11)29)20(37)38)24(12)4-21(39,18(34)35)13(28)7(27)3-26/h7,13,26-28,39H,3-4H2,1-2H3,(H,30,31)(H,32,33)(H,34,35)(H,37,38). The molecule has 0 radical (unpaired) electrons. The Labute approximate surface area is 214 Å². The Morgan fingerprint density at radius 3 is 1.92 bits per heavy atom. The summed E-state index contributed by atoms with van der Waals surface area (Å²) < 4.78 is -0.00468. The van der Waals surface area contributed by atoms with E-state index in [1.165, 1.54) is 13.8 Å². The van der Waals surface area contributed by atoms with Crippen molar-refractivity contribution in [2.45, 2.75) is 38.2 Å². The highest BCUT2D eigenvalue weighted by Gasteiger charge is 2.48. The maximum absolute atomic E-state index is 12.9. The minimum Gasteiger partial charge on any atom is -0.479 e. The van der Waals surface area contributed by atoms with Crippen molar-refractivity contribution in [1.29, 1.82) is 0 Å². The third-order valence-electron chi connectivity index (χ3n) is 6.20. The molecular weight excluding hydrogens is 532 g/mol. The Kier molecular flexibility index (Phi) is 7.26. The summed E-state index contributed by atoms with van der Waals surface area (Å²) >= 11 is 0. The normalized spacial score (nSPS) is 14.6. The van der Waals surface area contributed by atoms with E-state index < -0.39 is 104 Å². The molecule has 0 saturated heterocycles. The van der Waals surface area contributed by atoms with Crippen molar-refractivity contribution >= 4 is 35.0 Å². The molecule has 3 rings (SSSR count). The Balaban J connectivity index is 2.75. The molecule has 0 amide bonds. The van der Waals surface area contributed by atoms with Crippen molar-refractivity contribution in [2.24, 2.45) is 0 Å². The number of aromatic carboxylic acids is 2. The molecule has 18 heteroatoms. The number of aliphatic hydroxyl groups excluding tert-OH is 3. The number of aromatic nitrogens is 4. The summed E-state index contributed by atoms with van der Waals surface area (Å²) in [5.74, 6) is -6.66. The number of hydrogen-bond acceptors (Lipinski definition) is 12. The number of carbonyl (C=O) groups is 4. The van der Waals surface area contributed by atoms with Crippen molar-refractivity contribution in [3.05, 3.63) is 43.1 Å². The highest BCUT2D eigenvalue weighted by atomic mass is 16.4. The lowest BCUT2D eigenvalue weighted by atomic mass is 9.91. The molecule has 0 spiro atoms. The Hall–Kier alpha value is -4.78. The summed E-state index contributed by atoms with van der Waals surface area (Å²) in [6.07, 6.45) is -7.08. The highest BCUT2D eigenvalue weighted by molar-refractivity contribution is 6.11. The van der Waals surface area contributed by atoms with E-state index in [9.17, 15) is 64.5 Å². The zero-order valence-electron chi connectivity index (χ0n) is 19.9. The van der Waals surface area contributed by atoms with Gasteiger partial charge in [0, 0.05) is 0 Å². The van der Waals surface area contributed by atoms with Gasteiger partial charge >= 0.3 is 29.7 Å². The summed E-state index contributed by atoms with van der Waals surface area (Å²) in [7, 11) is 0. The topological polar surface area (TPSA) is 300 Å². The van der Waals surface area contributed by atoms with Gasteiger partial charge < -0.3 is 45.4 Å². The summed E-state index contributed by atoms with van der Waals surface area (Å²) in [4.78, 5) is 80.6. The Morgan fingerprint density at radius 2 is 1.46 bits per heavy atom. The van der Waals surface area contributed by atoms with E-state index in [4.69, 9.17) is 5.11 Å². The minimum atomic E-state index is -3.50. The summed E-state index contributed by atoms with van der Waals surface area (Å²) in [5.41, 5.74) is -11.3. The van der Waals surface area contributed by atoms with Crippen LogP contribution in [0, 0.1) is 13.8 Å². The zero-order valence-corrected chi connectivity index (χ0v) is 19.9. The van der Waals surface area contributed by atoms with Gasteiger partial charge in [0.25, 0.3) is 5.56 Å². The molecule has 1 aromatic carbocycles. The van der Waals surface area contributed by atoms with Crippen molar-refractivity contribution in [1.82, 2.24) is 19.1 Å². The number of hydrogen-bond donors (Lipinski definition) is 8. The quantitative estimate of drug-likeness (QED) is 0.130. The van der Waals surface area contributed by atoms with Gasteiger partial charge in [-0.1, -0.05) is 0 Å². The molecule has 2 heterocycles. The molecule has 1 aromatic rings. The fourth-order valence-corrected chi connectivity index (χ4v) is 4.12. The second-order valence-corrected chi connectivity index (χ2v) is 8.42. The molecule has 0 aromatic heterocycles. The van der Waals surface area contributed by atoms with Gasteiger partial charge in [0.1, 0.15) is 17.7 Å². The van der Waals surface area contributed by atoms with E-state index in [0.29, 0.717) is 4.57 Å². The summed E-state index contributed by atoms with van der Waals surface area (Å²) in [5, 5.41) is 79.1. The van der Waals surface area contributed by atoms with Gasteiger partial charge in [0.15, 0.2) is 11.5 Å². The van der Waals surface area contributed by atoms with Gasteiger partial charge in [0.2, 0.25) is 5.60 Å². The third-order valence-corrected chi connectivity index (χ3v) is 6.20. The van der Waals surface area contributed by atoms with E-state index in [1.807, 2.05) is 0 Å². The van der Waals surface area contributed by atoms with Crippen LogP contribution in [0.15, 0.2) is 9.59 Å². The van der Waals surface area contributed by atoms with Crippen molar-refractivity contribution in [2.75, 3.05) is 6.61 Å². The molecule has 2 aliphatic heterocycles. The first-order valence-corrected chi connectivity index (χ1v) is 10.6. The number of carboxylic acids is 3. The maximum Gasteiger partial charge on any atom is 0.422 e. The first kappa shape index (κ1) is 28.8. The van der Waals surface area contributed by atoms with Crippen LogP contribution < -0.4 is 11.2 Å². The summed E-state index contributed by atoms with van der Waals surface area (Å²) in [6, 6.07) is 0. The molecule has 0 aliphatic carbocycles. The van der Waals surface area contributed by atoms with Crippen LogP contribution in [-0.2, 0) is 11.3 Å². The molecule has 18 nitrogen and oxygen atoms in total. The first-order chi connectivity index (χ1) is 18.0. The molecule has 3 atom stereocenters. The highest BCUT2D eigenvalue weighted by Crippen LogP contribution is 2.34. The van der Waals surface area contributed by atoms with E-state index in [0.717, 1.165) is 0 Å². The third kappa shape index (κ3) is 4.36. The largest absolute Gasteiger partial charge is 0.479 e. The lowest BCUT2D eigenvalue weighted by Gasteiger charge is -2.33. The van der Waals surface area contributed by atoms with Crippen molar-refractivity contribution in [3.63, 3.8) is 0 Å². The predicted molar refractivity (Wildman–Crippen MR) is 123 cm³/mol. The number of aliphatic carboxylic acids is 1. The molecule has 3 unspecified atom stereocenters. The van der Waals surface area contributed by atoms with Gasteiger partial charge in [-0.25, -0.2) is 29.0 Å². The monoisotopic (exact) mass is 552 g/mol. The number of carboxylic acid groups (broad SMARTS) is 4. The van der Waals surface area contributed by atoms with Gasteiger partial charge in [-0.15, -0.1) is 0 Å². The van der Waals surface area contributed by atoms with Gasteiger partial charge in [0.05, 0.1) is 29.8 Å². The molecule has 2 aliphatic rings. The van der Waals surface area contributed by atoms with Crippen LogP contribution in [0.2, 0.25) is 0 Å². The van der Waals surface area contributed by atoms with Crippen LogP contribution in [-0.4, -0.2) is 108 Å². The maximum atomic E-state index is 12.9. The van der Waals surface area contributed by atoms with Crippen LogP contribution in [0.25, 0.3) is 22.6 Å². The zero-order chi connectivity index (χ0) is 29.7. The molecule has 0 bridgehead atoms. The predicted octanol–water partition coefficient (Wildman–Crippen LogP) is -2.87. The molecule has 39 heavy (non-hydrogen) atoms. The van der Waals surface area contributed by atoms with E-state index in [-0.39, 0.29) is 11.1 Å². The summed E-state index contributed by atoms with van der Waals surface area (Å²) in [6.45, 7) is -0.388. The SMILES string of the molecule is Cc1c(C)c(C(=O)O)c2c(nc3c(=O)n(C(=O)O)c(=O)nc-3n2CC(O)(C(=O)O)C(O)C(O)CO)c1C(=O)O. The average Bonchev–Trinajstić information content (AvgIpc) is 2.83. The fourth-order valence-electron chi connectivity index (χ4n) is 4.12. The van der Waals surface area contributed by atoms with Crippen molar-refractivity contribution in [3.8, 4) is 11.5 Å². The second kappa shape index (κ2) is 9.83. The van der Waals surface area contributed by atoms with Crippen LogP contribution in [0.4, 0.5) is 4.79 Å². The van der Waals surface area contributed by atoms with Gasteiger partial charge in [-0.2, -0.15) is 9.55 Å². The molecule has 0 saturated carbocycles. The number of nitrogens with zero attached hydrogens (tertiary/aromatic N) is 4. The fraction of sp³-hybridized carbons (Fsp3) is 0.333. The van der Waals surface area contributed by atoms with Gasteiger partial charge in [-0.3, -0.25) is 4.79 Å². The lowest BCUT2D eigenvalue weighted by molar-refractivity contribution is -0.186. The van der Waals surface area contributed by atoms with Crippen LogP contribution >= 0.6 is 0 Å². The minimum absolute atomic E-state index is 0.165. The molecular formula is C21H20N4O14. The van der Waals surface area contributed by atoms with Gasteiger partial charge in [-0.05, 0) is 25.0 Å². The van der Waals surface area contributed by atoms with Crippen LogP contribution in [0.5, 0.6) is 0 Å². The smallest absolute Gasteiger partial charge is 0.422 e. The van der Waals surface area contributed by atoms with E-state index >= 15 is 0 Å². The number of fused-ring (bicyclic) bond motifs is 2. The average molecular weight is 552 g/mol. The first-order valence-electron chi connectivity index (χ1n) is 10.6. The van der Waals surface area contributed by atoms with E-state index in [2.05, 4.69) is 9.97 Å². The van der Waals surface area contributed by atoms with Crippen LogP contribution in [0.1, 0.15) is 31.8 Å². The van der Waals surface area contributed by atoms with Crippen LogP contribution in [0.3, 0.4) is 0 Å². The Morgan fingerprint density at radius 1 is 0.923 bits per heavy atom. The molecule has 208 valence electrons. The lowest BCUT2D eigenvalue weighted by Crippen LogP contribution is -2.58. The number of rotatable bonds is 8. The second-order valence-electron chi connectivity index (χ2n) is 8.42. The van der Waals surface area contributed by atoms with Crippen molar-refractivity contribution < 1.29 is 60.0 Å².